The van der Waals surface area contributed by atoms with Crippen LogP contribution in [0.2, 0.25) is 5.02 Å². The summed E-state index contributed by atoms with van der Waals surface area (Å²) in [5.41, 5.74) is -4.09. The molecule has 8 unspecified atom stereocenters. The number of Topliss-reactive ketones (excluding diaryl/α,β-unsaturated/α-hetero) is 1. The number of allylic oxidation sites excluding steroid dienone is 4. The Balaban J connectivity index is 0.912. The fourth-order valence-corrected chi connectivity index (χ4v) is 17.2. The number of hydrogen-bond donors (Lipinski definition) is 2. The smallest absolute Gasteiger partial charge is 0.416 e. The third kappa shape index (κ3) is 6.50. The number of alkyl halides is 3. The van der Waals surface area contributed by atoms with Crippen molar-refractivity contribution in [2.24, 2.45) is 56.7 Å². The fraction of sp³-hybridized carbons (Fsp3) is 0.536. The number of hydrogen-bond acceptors (Lipinski definition) is 6. The van der Waals surface area contributed by atoms with E-state index in [4.69, 9.17) is 20.8 Å². The van der Waals surface area contributed by atoms with Gasteiger partial charge in [-0.05, 0) is 177 Å². The summed E-state index contributed by atoms with van der Waals surface area (Å²) in [6, 6.07) is 19.8. The van der Waals surface area contributed by atoms with Crippen LogP contribution in [0.1, 0.15) is 113 Å². The van der Waals surface area contributed by atoms with Gasteiger partial charge < -0.3 is 24.3 Å². The SMILES string of the molecule is CC12CCC(O)CC13C=CC1(C(C(=O)c4ccc(-c5cc(C(F)(F)F)ccc5Cl)o4)=C3)C2CCC2(C)C1CCC2(O)CN(CC12CC3CC(CC(C3)C1)C2)C(=O)Oc1ccc2ccccc2c1. The number of halogens is 4. The summed E-state index contributed by atoms with van der Waals surface area (Å²) < 4.78 is 54.0. The van der Waals surface area contributed by atoms with Crippen LogP contribution in [0.5, 0.6) is 5.75 Å². The molecule has 3 aromatic carbocycles. The summed E-state index contributed by atoms with van der Waals surface area (Å²) in [6.07, 6.45) is 12.4. The minimum Gasteiger partial charge on any atom is -0.453 e. The molecule has 0 aliphatic heterocycles. The number of amides is 1. The molecule has 4 aromatic rings. The van der Waals surface area contributed by atoms with Gasteiger partial charge in [0.05, 0.1) is 28.8 Å². The van der Waals surface area contributed by atoms with Gasteiger partial charge in [-0.15, -0.1) is 0 Å². The number of furan rings is 1. The Morgan fingerprint density at radius 2 is 1.49 bits per heavy atom. The zero-order valence-corrected chi connectivity index (χ0v) is 39.0. The van der Waals surface area contributed by atoms with E-state index in [0.717, 1.165) is 55.0 Å². The van der Waals surface area contributed by atoms with E-state index >= 15 is 4.79 Å². The van der Waals surface area contributed by atoms with E-state index in [1.165, 1.54) is 37.5 Å². The van der Waals surface area contributed by atoms with Gasteiger partial charge >= 0.3 is 12.3 Å². The highest BCUT2D eigenvalue weighted by Crippen LogP contribution is 2.78. The van der Waals surface area contributed by atoms with Crippen LogP contribution in [0.3, 0.4) is 0 Å². The van der Waals surface area contributed by atoms with Gasteiger partial charge in [0.2, 0.25) is 5.78 Å². The van der Waals surface area contributed by atoms with Crippen molar-refractivity contribution in [1.82, 2.24) is 4.90 Å². The third-order valence-electron chi connectivity index (χ3n) is 19.7. The van der Waals surface area contributed by atoms with E-state index in [1.807, 2.05) is 47.4 Å². The van der Waals surface area contributed by atoms with Crippen molar-refractivity contribution >= 4 is 34.2 Å². The largest absolute Gasteiger partial charge is 0.453 e. The van der Waals surface area contributed by atoms with E-state index in [1.54, 1.807) is 0 Å². The van der Waals surface area contributed by atoms with Gasteiger partial charge in [0, 0.05) is 33.9 Å². The third-order valence-corrected chi connectivity index (χ3v) is 20.0. The first-order chi connectivity index (χ1) is 31.8. The maximum absolute atomic E-state index is 15.4. The Bertz CT molecular complexity index is 2740. The Morgan fingerprint density at radius 1 is 0.806 bits per heavy atom. The number of aliphatic hydroxyl groups is 2. The molecule has 14 rings (SSSR count). The highest BCUT2D eigenvalue weighted by atomic mass is 35.5. The average Bonchev–Trinajstić information content (AvgIpc) is 3.87. The second-order valence-corrected chi connectivity index (χ2v) is 23.6. The van der Waals surface area contributed by atoms with Crippen molar-refractivity contribution in [2.45, 2.75) is 115 Å². The molecule has 2 spiro atoms. The summed E-state index contributed by atoms with van der Waals surface area (Å²) in [5, 5.41) is 26.9. The van der Waals surface area contributed by atoms with Crippen LogP contribution in [0, 0.1) is 56.7 Å². The first kappa shape index (κ1) is 43.9. The summed E-state index contributed by atoms with van der Waals surface area (Å²) in [5.74, 6) is 1.97. The molecule has 10 aliphatic carbocycles. The molecule has 1 aromatic heterocycles. The van der Waals surface area contributed by atoms with Crippen LogP contribution in [-0.4, -0.2) is 51.8 Å². The molecule has 7 nitrogen and oxygen atoms in total. The molecule has 0 radical (unpaired) electrons. The molecule has 10 aliphatic rings. The molecule has 0 saturated heterocycles. The van der Waals surface area contributed by atoms with Crippen LogP contribution in [-0.2, 0) is 6.18 Å². The molecular formula is C56H59ClF3NO6. The predicted molar refractivity (Wildman–Crippen MR) is 249 cm³/mol. The van der Waals surface area contributed by atoms with Crippen molar-refractivity contribution in [2.75, 3.05) is 13.1 Å². The zero-order chi connectivity index (χ0) is 46.5. The number of nitrogens with zero attached hydrogens (tertiary/aromatic N) is 1. The zero-order valence-electron chi connectivity index (χ0n) is 38.2. The molecule has 7 saturated carbocycles. The van der Waals surface area contributed by atoms with Gasteiger partial charge in [0.25, 0.3) is 0 Å². The first-order valence-corrected chi connectivity index (χ1v) is 25.0. The number of ketones is 1. The van der Waals surface area contributed by atoms with E-state index < -0.39 is 45.8 Å². The molecule has 6 bridgehead atoms. The Hall–Kier alpha value is -4.38. The van der Waals surface area contributed by atoms with Crippen LogP contribution in [0.15, 0.2) is 101 Å². The minimum absolute atomic E-state index is 0.00279. The van der Waals surface area contributed by atoms with Crippen molar-refractivity contribution in [3.63, 3.8) is 0 Å². The van der Waals surface area contributed by atoms with Crippen LogP contribution in [0.4, 0.5) is 18.0 Å². The fourth-order valence-electron chi connectivity index (χ4n) is 17.0. The van der Waals surface area contributed by atoms with Gasteiger partial charge in [-0.1, -0.05) is 74.0 Å². The van der Waals surface area contributed by atoms with Gasteiger partial charge in [-0.3, -0.25) is 4.79 Å². The number of rotatable bonds is 8. The van der Waals surface area contributed by atoms with Crippen molar-refractivity contribution in [1.29, 1.82) is 0 Å². The molecule has 7 fully saturated rings. The number of ether oxygens (including phenoxy) is 1. The lowest BCUT2D eigenvalue weighted by molar-refractivity contribution is -0.176. The second-order valence-electron chi connectivity index (χ2n) is 23.1. The molecule has 2 N–H and O–H groups in total. The number of carbonyl (C=O) groups excluding carboxylic acids is 2. The summed E-state index contributed by atoms with van der Waals surface area (Å²) in [4.78, 5) is 32.1. The Morgan fingerprint density at radius 3 is 2.22 bits per heavy atom. The lowest BCUT2D eigenvalue weighted by Gasteiger charge is -2.71. The van der Waals surface area contributed by atoms with E-state index in [-0.39, 0.29) is 57.1 Å². The standard InChI is InChI=1S/C56H59ClF3NO6/c1-50-16-13-39(62)29-53(50)19-20-55(42(30-53)48(63)45-12-11-44(67-45)41-25-38(56(58,59)60)8-10-43(41)57)46(50)14-17-51(2)47(55)15-18-54(51,65)32-61(31-52-26-33-21-34(27-52)23-35(22-33)28-52)49(64)66-40-9-7-36-5-3-4-6-37(36)24-40/h3-12,19-20,24-25,30,33-35,39,46-47,62,65H,13-18,21-23,26-29,31-32H2,1-2H3. The molecule has 1 amide bonds. The number of fused-ring (bicyclic) bond motifs is 2. The number of carbonyl (C=O) groups is 2. The highest BCUT2D eigenvalue weighted by Gasteiger charge is 2.75. The quantitative estimate of drug-likeness (QED) is 0.135. The molecular weight excluding hydrogens is 875 g/mol. The van der Waals surface area contributed by atoms with Crippen LogP contribution >= 0.6 is 11.6 Å². The Kier molecular flexibility index (Phi) is 9.70. The average molecular weight is 935 g/mol. The van der Waals surface area contributed by atoms with E-state index in [9.17, 15) is 28.2 Å². The van der Waals surface area contributed by atoms with Gasteiger partial charge in [-0.25, -0.2) is 4.79 Å². The minimum atomic E-state index is -4.60. The lowest BCUT2D eigenvalue weighted by atomic mass is 9.32. The second kappa shape index (κ2) is 14.8. The van der Waals surface area contributed by atoms with Gasteiger partial charge in [0.1, 0.15) is 11.5 Å². The summed E-state index contributed by atoms with van der Waals surface area (Å²) >= 11 is 6.46. The van der Waals surface area contributed by atoms with E-state index in [2.05, 4.69) is 32.1 Å². The molecule has 11 heteroatoms. The lowest BCUT2D eigenvalue weighted by Crippen LogP contribution is -2.67. The monoisotopic (exact) mass is 933 g/mol. The molecule has 352 valence electrons. The summed E-state index contributed by atoms with van der Waals surface area (Å²) in [7, 11) is 0. The van der Waals surface area contributed by atoms with Crippen LogP contribution < -0.4 is 4.74 Å². The van der Waals surface area contributed by atoms with E-state index in [0.29, 0.717) is 67.7 Å². The normalized spacial score (nSPS) is 38.9. The predicted octanol–water partition coefficient (Wildman–Crippen LogP) is 13.3. The molecule has 67 heavy (non-hydrogen) atoms. The van der Waals surface area contributed by atoms with Gasteiger partial charge in [-0.2, -0.15) is 13.2 Å². The molecule has 1 heterocycles. The maximum Gasteiger partial charge on any atom is 0.416 e. The van der Waals surface area contributed by atoms with Gasteiger partial charge in [0.15, 0.2) is 5.76 Å². The maximum atomic E-state index is 15.4. The molecule has 8 atom stereocenters. The van der Waals surface area contributed by atoms with Crippen LogP contribution in [0.25, 0.3) is 22.1 Å². The number of aliphatic hydroxyl groups excluding tert-OH is 1. The Labute approximate surface area is 394 Å². The summed E-state index contributed by atoms with van der Waals surface area (Å²) in [6.45, 7) is 5.13. The highest BCUT2D eigenvalue weighted by molar-refractivity contribution is 6.33. The first-order valence-electron chi connectivity index (χ1n) is 24.7. The van der Waals surface area contributed by atoms with Crippen molar-refractivity contribution in [3.05, 3.63) is 113 Å². The van der Waals surface area contributed by atoms with Crippen molar-refractivity contribution in [3.8, 4) is 17.1 Å². The number of benzene rings is 3. The van der Waals surface area contributed by atoms with Crippen molar-refractivity contribution < 1.29 is 42.1 Å². The topological polar surface area (TPSA) is 100 Å².